The van der Waals surface area contributed by atoms with Gasteiger partial charge in [0.2, 0.25) is 5.91 Å². The molecule has 1 rings (SSSR count). The van der Waals surface area contributed by atoms with Crippen molar-refractivity contribution in [2.75, 3.05) is 18.5 Å². The second-order valence-corrected chi connectivity index (χ2v) is 4.21. The van der Waals surface area contributed by atoms with E-state index in [0.29, 0.717) is 17.8 Å². The van der Waals surface area contributed by atoms with E-state index in [4.69, 9.17) is 0 Å². The number of anilines is 1. The van der Waals surface area contributed by atoms with Gasteiger partial charge in [0.25, 0.3) is 5.91 Å². The Hall–Kier alpha value is -2.10. The summed E-state index contributed by atoms with van der Waals surface area (Å²) in [7, 11) is 1.66. The average molecular weight is 260 g/mol. The zero-order valence-electron chi connectivity index (χ0n) is 11.6. The highest BCUT2D eigenvalue weighted by molar-refractivity contribution is 6.04. The molecule has 0 aromatic heterocycles. The van der Waals surface area contributed by atoms with Gasteiger partial charge in [-0.2, -0.15) is 0 Å². The molecule has 0 unspecified atom stereocenters. The summed E-state index contributed by atoms with van der Waals surface area (Å²) in [5.41, 5.74) is 1.14. The molecule has 0 fully saturated rings. The molecule has 0 aliphatic rings. The molecule has 0 spiro atoms. The monoisotopic (exact) mass is 260 g/mol. The third kappa shape index (κ3) is 4.25. The van der Waals surface area contributed by atoms with E-state index in [9.17, 15) is 9.59 Å². The van der Waals surface area contributed by atoms with Gasteiger partial charge in [0.1, 0.15) is 0 Å². The first-order valence-corrected chi connectivity index (χ1v) is 6.30. The van der Waals surface area contributed by atoms with Crippen LogP contribution >= 0.6 is 0 Å². The van der Waals surface area contributed by atoms with Crippen molar-refractivity contribution >= 4 is 17.5 Å². The van der Waals surface area contributed by atoms with Gasteiger partial charge in [-0.25, -0.2) is 0 Å². The molecule has 0 radical (unpaired) electrons. The number of amides is 2. The SMILES string of the molecule is C/C=C/CCNC(=O)c1ccccc1N(C)C(C)=O. The van der Waals surface area contributed by atoms with Gasteiger partial charge in [-0.1, -0.05) is 24.3 Å². The quantitative estimate of drug-likeness (QED) is 0.652. The van der Waals surface area contributed by atoms with Crippen LogP contribution in [0.1, 0.15) is 30.6 Å². The number of carbonyl (C=O) groups excluding carboxylic acids is 2. The van der Waals surface area contributed by atoms with Gasteiger partial charge in [-0.05, 0) is 25.5 Å². The summed E-state index contributed by atoms with van der Waals surface area (Å²) in [5.74, 6) is -0.262. The normalized spacial score (nSPS) is 10.5. The number of allylic oxidation sites excluding steroid dienone is 1. The van der Waals surface area contributed by atoms with Crippen molar-refractivity contribution in [2.24, 2.45) is 0 Å². The maximum absolute atomic E-state index is 12.1. The first-order valence-electron chi connectivity index (χ1n) is 6.30. The summed E-state index contributed by atoms with van der Waals surface area (Å²) in [6.45, 7) is 4.00. The molecule has 102 valence electrons. The van der Waals surface area contributed by atoms with E-state index in [1.807, 2.05) is 25.1 Å². The van der Waals surface area contributed by atoms with Gasteiger partial charge in [0.15, 0.2) is 0 Å². The molecule has 0 saturated carbocycles. The van der Waals surface area contributed by atoms with Gasteiger partial charge < -0.3 is 10.2 Å². The Kier molecular flexibility index (Phi) is 5.79. The highest BCUT2D eigenvalue weighted by atomic mass is 16.2. The smallest absolute Gasteiger partial charge is 0.253 e. The third-order valence-corrected chi connectivity index (χ3v) is 2.81. The van der Waals surface area contributed by atoms with E-state index in [1.165, 1.54) is 11.8 Å². The minimum Gasteiger partial charge on any atom is -0.352 e. The van der Waals surface area contributed by atoms with Crippen molar-refractivity contribution < 1.29 is 9.59 Å². The van der Waals surface area contributed by atoms with Crippen LogP contribution in [0.3, 0.4) is 0 Å². The molecule has 1 N–H and O–H groups in total. The molecule has 0 aliphatic heterocycles. The number of nitrogens with one attached hydrogen (secondary N) is 1. The van der Waals surface area contributed by atoms with E-state index in [0.717, 1.165) is 6.42 Å². The summed E-state index contributed by atoms with van der Waals surface area (Å²) >= 11 is 0. The van der Waals surface area contributed by atoms with Crippen molar-refractivity contribution in [2.45, 2.75) is 20.3 Å². The van der Waals surface area contributed by atoms with Gasteiger partial charge in [-0.3, -0.25) is 9.59 Å². The third-order valence-electron chi connectivity index (χ3n) is 2.81. The van der Waals surface area contributed by atoms with E-state index in [1.54, 1.807) is 25.2 Å². The van der Waals surface area contributed by atoms with E-state index in [2.05, 4.69) is 5.32 Å². The van der Waals surface area contributed by atoms with Crippen molar-refractivity contribution in [3.05, 3.63) is 42.0 Å². The fourth-order valence-corrected chi connectivity index (χ4v) is 1.66. The summed E-state index contributed by atoms with van der Waals surface area (Å²) in [5, 5.41) is 2.84. The van der Waals surface area contributed by atoms with Crippen LogP contribution in [0.15, 0.2) is 36.4 Å². The van der Waals surface area contributed by atoms with Crippen LogP contribution in [0.25, 0.3) is 0 Å². The molecular formula is C15H20N2O2. The molecule has 0 bridgehead atoms. The van der Waals surface area contributed by atoms with Crippen LogP contribution in [-0.4, -0.2) is 25.4 Å². The number of hydrogen-bond donors (Lipinski definition) is 1. The van der Waals surface area contributed by atoms with Crippen LogP contribution < -0.4 is 10.2 Å². The van der Waals surface area contributed by atoms with Crippen molar-refractivity contribution in [3.8, 4) is 0 Å². The second-order valence-electron chi connectivity index (χ2n) is 4.21. The number of para-hydroxylation sites is 1. The minimum atomic E-state index is -0.159. The summed E-state index contributed by atoms with van der Waals surface area (Å²) in [4.78, 5) is 25.0. The van der Waals surface area contributed by atoms with Crippen molar-refractivity contribution in [1.82, 2.24) is 5.32 Å². The maximum Gasteiger partial charge on any atom is 0.253 e. The van der Waals surface area contributed by atoms with Gasteiger partial charge in [0.05, 0.1) is 11.3 Å². The summed E-state index contributed by atoms with van der Waals surface area (Å²) in [6, 6.07) is 7.09. The van der Waals surface area contributed by atoms with Crippen LogP contribution in [0.4, 0.5) is 5.69 Å². The average Bonchev–Trinajstić information content (AvgIpc) is 2.42. The van der Waals surface area contributed by atoms with E-state index < -0.39 is 0 Å². The number of nitrogens with zero attached hydrogens (tertiary/aromatic N) is 1. The summed E-state index contributed by atoms with van der Waals surface area (Å²) in [6.07, 6.45) is 4.74. The topological polar surface area (TPSA) is 49.4 Å². The van der Waals surface area contributed by atoms with Crippen LogP contribution in [0.5, 0.6) is 0 Å². The number of rotatable bonds is 5. The highest BCUT2D eigenvalue weighted by Crippen LogP contribution is 2.19. The van der Waals surface area contributed by atoms with Gasteiger partial charge in [-0.15, -0.1) is 0 Å². The summed E-state index contributed by atoms with van der Waals surface area (Å²) < 4.78 is 0. The Balaban J connectivity index is 2.82. The van der Waals surface area contributed by atoms with Crippen LogP contribution in [-0.2, 0) is 4.79 Å². The molecule has 4 nitrogen and oxygen atoms in total. The Morgan fingerprint density at radius 1 is 1.32 bits per heavy atom. The number of benzene rings is 1. The molecule has 4 heteroatoms. The maximum atomic E-state index is 12.1. The number of carbonyl (C=O) groups is 2. The zero-order chi connectivity index (χ0) is 14.3. The lowest BCUT2D eigenvalue weighted by Crippen LogP contribution is -2.29. The fourth-order valence-electron chi connectivity index (χ4n) is 1.66. The Morgan fingerprint density at radius 2 is 2.00 bits per heavy atom. The first-order chi connectivity index (χ1) is 9.07. The molecule has 19 heavy (non-hydrogen) atoms. The molecule has 1 aromatic rings. The van der Waals surface area contributed by atoms with Crippen LogP contribution in [0, 0.1) is 0 Å². The molecule has 0 aliphatic carbocycles. The lowest BCUT2D eigenvalue weighted by Gasteiger charge is -2.18. The van der Waals surface area contributed by atoms with Crippen molar-refractivity contribution in [1.29, 1.82) is 0 Å². The Bertz CT molecular complexity index is 481. The van der Waals surface area contributed by atoms with Crippen molar-refractivity contribution in [3.63, 3.8) is 0 Å². The van der Waals surface area contributed by atoms with E-state index >= 15 is 0 Å². The molecule has 0 atom stereocenters. The highest BCUT2D eigenvalue weighted by Gasteiger charge is 2.15. The predicted molar refractivity (Wildman–Crippen MR) is 77.3 cm³/mol. The number of hydrogen-bond acceptors (Lipinski definition) is 2. The zero-order valence-corrected chi connectivity index (χ0v) is 11.6. The molecular weight excluding hydrogens is 240 g/mol. The second kappa shape index (κ2) is 7.36. The fraction of sp³-hybridized carbons (Fsp3) is 0.333. The first kappa shape index (κ1) is 15.0. The standard InChI is InChI=1S/C15H20N2O2/c1-4-5-8-11-16-15(19)13-9-6-7-10-14(13)17(3)12(2)18/h4-7,9-10H,8,11H2,1-3H3,(H,16,19)/b5-4+. The largest absolute Gasteiger partial charge is 0.352 e. The van der Waals surface area contributed by atoms with Gasteiger partial charge >= 0.3 is 0 Å². The molecule has 0 saturated heterocycles. The minimum absolute atomic E-state index is 0.103. The lowest BCUT2D eigenvalue weighted by molar-refractivity contribution is -0.116. The Labute approximate surface area is 114 Å². The predicted octanol–water partition coefficient (Wildman–Crippen LogP) is 2.37. The van der Waals surface area contributed by atoms with Crippen LogP contribution in [0.2, 0.25) is 0 Å². The molecule has 1 aromatic carbocycles. The molecule has 0 heterocycles. The lowest BCUT2D eigenvalue weighted by atomic mass is 10.1. The van der Waals surface area contributed by atoms with E-state index in [-0.39, 0.29) is 11.8 Å². The molecule has 2 amide bonds. The Morgan fingerprint density at radius 3 is 2.63 bits per heavy atom. The van der Waals surface area contributed by atoms with Gasteiger partial charge in [0, 0.05) is 20.5 Å².